The molecule has 1 aromatic rings. The minimum Gasteiger partial charge on any atom is -0.352 e. The Kier molecular flexibility index (Phi) is 4.88. The lowest BCUT2D eigenvalue weighted by Gasteiger charge is -2.18. The van der Waals surface area contributed by atoms with Crippen molar-refractivity contribution in [3.63, 3.8) is 0 Å². The molecule has 3 rings (SSSR count). The minimum atomic E-state index is -0.250. The summed E-state index contributed by atoms with van der Waals surface area (Å²) in [5, 5.41) is 2.90. The van der Waals surface area contributed by atoms with Crippen molar-refractivity contribution in [2.45, 2.75) is 25.8 Å². The molecule has 1 amide bonds. The van der Waals surface area contributed by atoms with E-state index in [0.717, 1.165) is 37.0 Å². The van der Waals surface area contributed by atoms with Crippen molar-refractivity contribution in [1.29, 1.82) is 0 Å². The predicted octanol–water partition coefficient (Wildman–Crippen LogP) is 2.73. The monoisotopic (exact) mass is 302 g/mol. The second-order valence-electron chi connectivity index (χ2n) is 6.38. The number of nitrogens with one attached hydrogen (secondary N) is 1. The quantitative estimate of drug-likeness (QED) is 0.848. The molecule has 22 heavy (non-hydrogen) atoms. The Bertz CT molecular complexity index is 525. The summed E-state index contributed by atoms with van der Waals surface area (Å²) in [5.41, 5.74) is 0.924. The lowest BCUT2D eigenvalue weighted by molar-refractivity contribution is -0.121. The van der Waals surface area contributed by atoms with E-state index in [-0.39, 0.29) is 11.7 Å². The van der Waals surface area contributed by atoms with E-state index in [1.807, 2.05) is 0 Å². The standard InChI is InChI=1S/C18H23FN2O/c19-17-7-5-14(6-8-17)11-20-18(22)9-10-21-12-15-3-1-2-4-16(15)13-21/h1-2,5-8,15-16H,3-4,9-13H2,(H,20,22)/t15-,16+. The number of benzene rings is 1. The number of amides is 1. The van der Waals surface area contributed by atoms with Crippen molar-refractivity contribution in [3.05, 3.63) is 47.8 Å². The van der Waals surface area contributed by atoms with E-state index in [0.29, 0.717) is 13.0 Å². The molecule has 0 aromatic heterocycles. The van der Waals surface area contributed by atoms with Gasteiger partial charge >= 0.3 is 0 Å². The first-order chi connectivity index (χ1) is 10.7. The van der Waals surface area contributed by atoms with Gasteiger partial charge in [-0.25, -0.2) is 4.39 Å². The van der Waals surface area contributed by atoms with E-state index in [9.17, 15) is 9.18 Å². The SMILES string of the molecule is O=C(CCN1C[C@H]2CC=CC[C@H]2C1)NCc1ccc(F)cc1. The van der Waals surface area contributed by atoms with Gasteiger partial charge in [0, 0.05) is 32.6 Å². The third-order valence-corrected chi connectivity index (χ3v) is 4.75. The van der Waals surface area contributed by atoms with Gasteiger partial charge in [-0.15, -0.1) is 0 Å². The molecule has 2 atom stereocenters. The molecule has 0 saturated carbocycles. The number of fused-ring (bicyclic) bond motifs is 1. The van der Waals surface area contributed by atoms with Gasteiger partial charge in [0.1, 0.15) is 5.82 Å². The molecule has 1 aliphatic heterocycles. The van der Waals surface area contributed by atoms with E-state index in [1.165, 1.54) is 25.0 Å². The molecule has 0 spiro atoms. The maximum Gasteiger partial charge on any atom is 0.221 e. The molecule has 1 N–H and O–H groups in total. The number of carbonyl (C=O) groups is 1. The first kappa shape index (κ1) is 15.2. The Hall–Kier alpha value is -1.68. The van der Waals surface area contributed by atoms with Crippen molar-refractivity contribution in [2.24, 2.45) is 11.8 Å². The van der Waals surface area contributed by atoms with Gasteiger partial charge in [-0.1, -0.05) is 24.3 Å². The third kappa shape index (κ3) is 3.95. The van der Waals surface area contributed by atoms with Crippen LogP contribution in [0, 0.1) is 17.7 Å². The van der Waals surface area contributed by atoms with Gasteiger partial charge in [-0.3, -0.25) is 4.79 Å². The maximum absolute atomic E-state index is 12.8. The van der Waals surface area contributed by atoms with Crippen molar-refractivity contribution >= 4 is 5.91 Å². The van der Waals surface area contributed by atoms with Gasteiger partial charge in [0.15, 0.2) is 0 Å². The second kappa shape index (κ2) is 7.05. The molecule has 1 heterocycles. The highest BCUT2D eigenvalue weighted by Gasteiger charge is 2.32. The van der Waals surface area contributed by atoms with Crippen LogP contribution in [-0.2, 0) is 11.3 Å². The van der Waals surface area contributed by atoms with Gasteiger partial charge in [0.2, 0.25) is 5.91 Å². The number of allylic oxidation sites excluding steroid dienone is 2. The molecule has 1 saturated heterocycles. The Balaban J connectivity index is 1.37. The number of carbonyl (C=O) groups excluding carboxylic acids is 1. The molecule has 2 aliphatic rings. The molecule has 118 valence electrons. The van der Waals surface area contributed by atoms with Gasteiger partial charge in [0.25, 0.3) is 0 Å². The normalized spacial score (nSPS) is 24.2. The van der Waals surface area contributed by atoms with Crippen LogP contribution < -0.4 is 5.32 Å². The van der Waals surface area contributed by atoms with E-state index in [1.54, 1.807) is 12.1 Å². The van der Waals surface area contributed by atoms with Crippen LogP contribution in [0.15, 0.2) is 36.4 Å². The Labute approximate surface area is 131 Å². The van der Waals surface area contributed by atoms with Crippen LogP contribution in [0.1, 0.15) is 24.8 Å². The van der Waals surface area contributed by atoms with Crippen LogP contribution in [0.5, 0.6) is 0 Å². The van der Waals surface area contributed by atoms with E-state index >= 15 is 0 Å². The third-order valence-electron chi connectivity index (χ3n) is 4.75. The molecule has 4 heteroatoms. The molecule has 3 nitrogen and oxygen atoms in total. The first-order valence-electron chi connectivity index (χ1n) is 8.09. The summed E-state index contributed by atoms with van der Waals surface area (Å²) < 4.78 is 12.8. The summed E-state index contributed by atoms with van der Waals surface area (Å²) in [7, 11) is 0. The fourth-order valence-electron chi connectivity index (χ4n) is 3.45. The Morgan fingerprint density at radius 3 is 2.41 bits per heavy atom. The zero-order chi connectivity index (χ0) is 15.4. The number of likely N-dealkylation sites (tertiary alicyclic amines) is 1. The highest BCUT2D eigenvalue weighted by Crippen LogP contribution is 2.32. The molecule has 1 fully saturated rings. The van der Waals surface area contributed by atoms with Crippen molar-refractivity contribution in [1.82, 2.24) is 10.2 Å². The molecule has 1 aromatic carbocycles. The summed E-state index contributed by atoms with van der Waals surface area (Å²) in [6, 6.07) is 6.24. The van der Waals surface area contributed by atoms with Crippen LogP contribution in [0.3, 0.4) is 0 Å². The lowest BCUT2D eigenvalue weighted by atomic mass is 9.86. The summed E-state index contributed by atoms with van der Waals surface area (Å²) >= 11 is 0. The van der Waals surface area contributed by atoms with E-state index in [4.69, 9.17) is 0 Å². The van der Waals surface area contributed by atoms with Gasteiger partial charge < -0.3 is 10.2 Å². The second-order valence-corrected chi connectivity index (χ2v) is 6.38. The number of rotatable bonds is 5. The predicted molar refractivity (Wildman–Crippen MR) is 84.7 cm³/mol. The Morgan fingerprint density at radius 2 is 1.77 bits per heavy atom. The highest BCUT2D eigenvalue weighted by molar-refractivity contribution is 5.76. The summed E-state index contributed by atoms with van der Waals surface area (Å²) in [6.07, 6.45) is 7.50. The van der Waals surface area contributed by atoms with Crippen LogP contribution in [0.4, 0.5) is 4.39 Å². The highest BCUT2D eigenvalue weighted by atomic mass is 19.1. The van der Waals surface area contributed by atoms with Crippen LogP contribution in [0.25, 0.3) is 0 Å². The van der Waals surface area contributed by atoms with Crippen molar-refractivity contribution < 1.29 is 9.18 Å². The van der Waals surface area contributed by atoms with Gasteiger partial charge in [-0.2, -0.15) is 0 Å². The molecule has 0 radical (unpaired) electrons. The number of nitrogens with zero attached hydrogens (tertiary/aromatic N) is 1. The lowest BCUT2D eigenvalue weighted by Crippen LogP contribution is -2.29. The fraction of sp³-hybridized carbons (Fsp3) is 0.500. The molecule has 0 bridgehead atoms. The summed E-state index contributed by atoms with van der Waals surface area (Å²) in [5.74, 6) is 1.39. The zero-order valence-electron chi connectivity index (χ0n) is 12.8. The van der Waals surface area contributed by atoms with E-state index in [2.05, 4.69) is 22.4 Å². The van der Waals surface area contributed by atoms with Crippen LogP contribution >= 0.6 is 0 Å². The van der Waals surface area contributed by atoms with Crippen molar-refractivity contribution in [2.75, 3.05) is 19.6 Å². The van der Waals surface area contributed by atoms with E-state index < -0.39 is 0 Å². The summed E-state index contributed by atoms with van der Waals surface area (Å²) in [6.45, 7) is 3.55. The smallest absolute Gasteiger partial charge is 0.221 e. The maximum atomic E-state index is 12.8. The van der Waals surface area contributed by atoms with Gasteiger partial charge in [0.05, 0.1) is 0 Å². The molecule has 0 unspecified atom stereocenters. The van der Waals surface area contributed by atoms with Gasteiger partial charge in [-0.05, 0) is 42.4 Å². The zero-order valence-corrected chi connectivity index (χ0v) is 12.8. The van der Waals surface area contributed by atoms with Crippen molar-refractivity contribution in [3.8, 4) is 0 Å². The molecular weight excluding hydrogens is 279 g/mol. The topological polar surface area (TPSA) is 32.3 Å². The molecule has 1 aliphatic carbocycles. The van der Waals surface area contributed by atoms with Crippen LogP contribution in [-0.4, -0.2) is 30.4 Å². The first-order valence-corrected chi connectivity index (χ1v) is 8.09. The number of hydrogen-bond donors (Lipinski definition) is 1. The number of halogens is 1. The van der Waals surface area contributed by atoms with Crippen LogP contribution in [0.2, 0.25) is 0 Å². The average molecular weight is 302 g/mol. The minimum absolute atomic E-state index is 0.0670. The number of hydrogen-bond acceptors (Lipinski definition) is 2. The Morgan fingerprint density at radius 1 is 1.14 bits per heavy atom. The average Bonchev–Trinajstić information content (AvgIpc) is 2.95. The summed E-state index contributed by atoms with van der Waals surface area (Å²) in [4.78, 5) is 14.3. The fourth-order valence-corrected chi connectivity index (χ4v) is 3.45. The molecular formula is C18H23FN2O. The largest absolute Gasteiger partial charge is 0.352 e.